The van der Waals surface area contributed by atoms with Crippen LogP contribution >= 0.6 is 11.8 Å². The van der Waals surface area contributed by atoms with Gasteiger partial charge in [-0.25, -0.2) is 4.79 Å². The van der Waals surface area contributed by atoms with Crippen LogP contribution in [-0.2, 0) is 9.53 Å². The van der Waals surface area contributed by atoms with Crippen molar-refractivity contribution in [2.45, 2.75) is 31.6 Å². The minimum atomic E-state index is -0.483. The van der Waals surface area contributed by atoms with E-state index in [1.807, 2.05) is 43.3 Å². The Balaban J connectivity index is 1.98. The average Bonchev–Trinajstić information content (AvgIpc) is 2.61. The van der Waals surface area contributed by atoms with Crippen molar-refractivity contribution >= 4 is 29.3 Å². The molecule has 2 aromatic carbocycles. The molecule has 0 aliphatic carbocycles. The summed E-state index contributed by atoms with van der Waals surface area (Å²) in [5.41, 5.74) is 2.29. The number of ether oxygens (including phenoxy) is 1. The van der Waals surface area contributed by atoms with Gasteiger partial charge in [-0.15, -0.1) is 11.8 Å². The van der Waals surface area contributed by atoms with Crippen LogP contribution in [0, 0.1) is 0 Å². The highest BCUT2D eigenvalue weighted by molar-refractivity contribution is 7.99. The number of thioether (sulfide) groups is 1. The van der Waals surface area contributed by atoms with Crippen molar-refractivity contribution in [3.63, 3.8) is 0 Å². The van der Waals surface area contributed by atoms with E-state index in [4.69, 9.17) is 4.74 Å². The third-order valence-corrected chi connectivity index (χ3v) is 4.55. The Morgan fingerprint density at radius 2 is 1.76 bits per heavy atom. The molecule has 0 aliphatic rings. The molecule has 0 heterocycles. The number of anilines is 1. The molecule has 0 aromatic heterocycles. The molecule has 0 radical (unpaired) electrons. The first kappa shape index (κ1) is 19.1. The lowest BCUT2D eigenvalue weighted by Gasteiger charge is -2.14. The molecule has 1 N–H and O–H groups in total. The third-order valence-electron chi connectivity index (χ3n) is 3.60. The van der Waals surface area contributed by atoms with Gasteiger partial charge in [-0.05, 0) is 35.4 Å². The highest BCUT2D eigenvalue weighted by atomic mass is 32.2. The number of amides is 1. The number of esters is 1. The summed E-state index contributed by atoms with van der Waals surface area (Å²) in [5, 5.41) is 2.82. The first-order valence-corrected chi connectivity index (χ1v) is 9.29. The summed E-state index contributed by atoms with van der Waals surface area (Å²) >= 11 is 1.57. The van der Waals surface area contributed by atoms with Crippen molar-refractivity contribution in [3.05, 3.63) is 59.7 Å². The van der Waals surface area contributed by atoms with Gasteiger partial charge in [0.1, 0.15) is 0 Å². The van der Waals surface area contributed by atoms with Gasteiger partial charge in [0, 0.05) is 10.6 Å². The third kappa shape index (κ3) is 5.36. The molecule has 2 aromatic rings. The van der Waals surface area contributed by atoms with Gasteiger partial charge in [-0.1, -0.05) is 51.1 Å². The maximum atomic E-state index is 12.3. The lowest BCUT2D eigenvalue weighted by Crippen LogP contribution is -2.22. The lowest BCUT2D eigenvalue weighted by molar-refractivity contribution is -0.119. The molecule has 0 saturated carbocycles. The van der Waals surface area contributed by atoms with Crippen LogP contribution in [0.1, 0.15) is 42.6 Å². The normalized spacial score (nSPS) is 10.6. The summed E-state index contributed by atoms with van der Waals surface area (Å²) in [7, 11) is 0. The van der Waals surface area contributed by atoms with Crippen LogP contribution in [0.5, 0.6) is 0 Å². The summed E-state index contributed by atoms with van der Waals surface area (Å²) in [6, 6.07) is 14.9. The molecular weight excluding hydrogens is 334 g/mol. The van der Waals surface area contributed by atoms with Crippen LogP contribution in [0.4, 0.5) is 5.69 Å². The highest BCUT2D eigenvalue weighted by Crippen LogP contribution is 2.24. The van der Waals surface area contributed by atoms with Gasteiger partial charge in [0.25, 0.3) is 5.91 Å². The fourth-order valence-corrected chi connectivity index (χ4v) is 3.22. The molecule has 132 valence electrons. The molecule has 0 unspecified atom stereocenters. The van der Waals surface area contributed by atoms with Crippen molar-refractivity contribution in [1.29, 1.82) is 0 Å². The number of carbonyl (C=O) groups is 2. The fraction of sp³-hybridized carbons (Fsp3) is 0.300. The Morgan fingerprint density at radius 3 is 2.48 bits per heavy atom. The van der Waals surface area contributed by atoms with Gasteiger partial charge < -0.3 is 10.1 Å². The predicted octanol–water partition coefficient (Wildman–Crippen LogP) is 4.72. The fourth-order valence-electron chi connectivity index (χ4n) is 2.43. The highest BCUT2D eigenvalue weighted by Gasteiger charge is 2.15. The molecular formula is C20H23NO3S. The zero-order chi connectivity index (χ0) is 18.2. The number of benzene rings is 2. The van der Waals surface area contributed by atoms with E-state index in [2.05, 4.69) is 19.2 Å². The Kier molecular flexibility index (Phi) is 7.07. The number of hydrogen-bond acceptors (Lipinski definition) is 4. The number of nitrogens with one attached hydrogen (secondary N) is 1. The molecule has 25 heavy (non-hydrogen) atoms. The minimum absolute atomic E-state index is 0.289. The largest absolute Gasteiger partial charge is 0.452 e. The van der Waals surface area contributed by atoms with Crippen LogP contribution in [0.3, 0.4) is 0 Å². The van der Waals surface area contributed by atoms with E-state index >= 15 is 0 Å². The first-order valence-electron chi connectivity index (χ1n) is 8.30. The van der Waals surface area contributed by atoms with Gasteiger partial charge in [0.2, 0.25) is 0 Å². The first-order chi connectivity index (χ1) is 12.0. The van der Waals surface area contributed by atoms with E-state index in [0.717, 1.165) is 21.9 Å². The molecule has 5 heteroatoms. The Bertz CT molecular complexity index is 743. The van der Waals surface area contributed by atoms with Crippen molar-refractivity contribution < 1.29 is 14.3 Å². The zero-order valence-electron chi connectivity index (χ0n) is 14.7. The van der Waals surface area contributed by atoms with Gasteiger partial charge in [-0.3, -0.25) is 4.79 Å². The monoisotopic (exact) mass is 357 g/mol. The van der Waals surface area contributed by atoms with Gasteiger partial charge in [-0.2, -0.15) is 0 Å². The molecule has 0 atom stereocenters. The summed E-state index contributed by atoms with van der Waals surface area (Å²) in [6.45, 7) is 5.84. The zero-order valence-corrected chi connectivity index (χ0v) is 15.6. The van der Waals surface area contributed by atoms with Crippen LogP contribution in [0.25, 0.3) is 0 Å². The van der Waals surface area contributed by atoms with Crippen molar-refractivity contribution in [2.24, 2.45) is 0 Å². The number of hydrogen-bond donors (Lipinski definition) is 1. The molecule has 0 fully saturated rings. The van der Waals surface area contributed by atoms with Crippen LogP contribution in [0.15, 0.2) is 53.4 Å². The van der Waals surface area contributed by atoms with Crippen LogP contribution in [0.2, 0.25) is 0 Å². The summed E-state index contributed by atoms with van der Waals surface area (Å²) in [6.07, 6.45) is 0. The van der Waals surface area contributed by atoms with E-state index in [-0.39, 0.29) is 18.4 Å². The molecule has 0 saturated heterocycles. The molecule has 1 amide bonds. The maximum absolute atomic E-state index is 12.3. The second kappa shape index (κ2) is 9.28. The quantitative estimate of drug-likeness (QED) is 0.575. The maximum Gasteiger partial charge on any atom is 0.339 e. The molecule has 2 rings (SSSR count). The van der Waals surface area contributed by atoms with Gasteiger partial charge in [0.05, 0.1) is 5.56 Å². The van der Waals surface area contributed by atoms with Crippen molar-refractivity contribution in [1.82, 2.24) is 0 Å². The summed E-state index contributed by atoms with van der Waals surface area (Å²) in [4.78, 5) is 25.3. The predicted molar refractivity (Wildman–Crippen MR) is 102 cm³/mol. The average molecular weight is 357 g/mol. The minimum Gasteiger partial charge on any atom is -0.452 e. The molecule has 0 aliphatic heterocycles. The van der Waals surface area contributed by atoms with Crippen molar-refractivity contribution in [2.75, 3.05) is 17.7 Å². The van der Waals surface area contributed by atoms with E-state index < -0.39 is 5.97 Å². The van der Waals surface area contributed by atoms with Gasteiger partial charge >= 0.3 is 5.97 Å². The summed E-state index contributed by atoms with van der Waals surface area (Å²) < 4.78 is 5.19. The number of rotatable bonds is 7. The lowest BCUT2D eigenvalue weighted by atomic mass is 10.0. The van der Waals surface area contributed by atoms with Gasteiger partial charge in [0.15, 0.2) is 6.61 Å². The smallest absolute Gasteiger partial charge is 0.339 e. The van der Waals surface area contributed by atoms with E-state index in [1.165, 1.54) is 0 Å². The SMILES string of the molecule is CCSc1ccccc1C(=O)OCC(=O)Nc1ccccc1C(C)C. The van der Waals surface area contributed by atoms with Crippen LogP contribution in [-0.4, -0.2) is 24.2 Å². The molecule has 0 spiro atoms. The standard InChI is InChI=1S/C20H23NO3S/c1-4-25-18-12-8-6-10-16(18)20(23)24-13-19(22)21-17-11-7-5-9-15(17)14(2)3/h5-12,14H,4,13H2,1-3H3,(H,21,22). The second-order valence-corrected chi connectivity index (χ2v) is 7.10. The topological polar surface area (TPSA) is 55.4 Å². The Labute approximate surface area is 153 Å². The van der Waals surface area contributed by atoms with Crippen LogP contribution < -0.4 is 5.32 Å². The van der Waals surface area contributed by atoms with E-state index in [9.17, 15) is 9.59 Å². The molecule has 4 nitrogen and oxygen atoms in total. The number of carbonyl (C=O) groups excluding carboxylic acids is 2. The Hall–Kier alpha value is -2.27. The number of para-hydroxylation sites is 1. The second-order valence-electron chi connectivity index (χ2n) is 5.80. The van der Waals surface area contributed by atoms with Crippen molar-refractivity contribution in [3.8, 4) is 0 Å². The summed E-state index contributed by atoms with van der Waals surface area (Å²) in [5.74, 6) is 0.319. The Morgan fingerprint density at radius 1 is 1.08 bits per heavy atom. The molecule has 0 bridgehead atoms. The van der Waals surface area contributed by atoms with E-state index in [0.29, 0.717) is 5.56 Å². The van der Waals surface area contributed by atoms with E-state index in [1.54, 1.807) is 23.9 Å².